The molecule has 0 saturated heterocycles. The highest BCUT2D eigenvalue weighted by Gasteiger charge is 2.12. The summed E-state index contributed by atoms with van der Waals surface area (Å²) in [5.41, 5.74) is 8.69. The standard InChI is InChI=1S/C16H22N4O/c1-16(2,3)13-6-4-12(5-7-13)8-18-14-9-19-20(10-14)11-15(17)21/h4-7,9-10,18H,8,11H2,1-3H3,(H2,17,21). The van der Waals surface area contributed by atoms with E-state index in [4.69, 9.17) is 5.73 Å². The number of carbonyl (C=O) groups is 1. The highest BCUT2D eigenvalue weighted by Crippen LogP contribution is 2.22. The number of carbonyl (C=O) groups excluding carboxylic acids is 1. The van der Waals surface area contributed by atoms with E-state index in [1.54, 1.807) is 12.4 Å². The molecule has 0 bridgehead atoms. The monoisotopic (exact) mass is 286 g/mol. The van der Waals surface area contributed by atoms with E-state index in [-0.39, 0.29) is 12.0 Å². The molecule has 1 aromatic heterocycles. The molecule has 0 radical (unpaired) electrons. The predicted octanol–water partition coefficient (Wildman–Crippen LogP) is 2.28. The van der Waals surface area contributed by atoms with Gasteiger partial charge in [-0.1, -0.05) is 45.0 Å². The van der Waals surface area contributed by atoms with Crippen molar-refractivity contribution in [3.05, 3.63) is 47.8 Å². The molecule has 21 heavy (non-hydrogen) atoms. The summed E-state index contributed by atoms with van der Waals surface area (Å²) in [6.07, 6.45) is 3.46. The van der Waals surface area contributed by atoms with E-state index in [9.17, 15) is 4.79 Å². The Morgan fingerprint density at radius 1 is 1.29 bits per heavy atom. The van der Waals surface area contributed by atoms with Crippen molar-refractivity contribution < 1.29 is 4.79 Å². The molecule has 1 heterocycles. The zero-order valence-electron chi connectivity index (χ0n) is 12.8. The summed E-state index contributed by atoms with van der Waals surface area (Å²) in [5, 5.41) is 7.35. The lowest BCUT2D eigenvalue weighted by atomic mass is 9.87. The molecule has 2 aromatic rings. The fourth-order valence-corrected chi connectivity index (χ4v) is 2.03. The lowest BCUT2D eigenvalue weighted by Crippen LogP contribution is -2.18. The van der Waals surface area contributed by atoms with Gasteiger partial charge in [-0.05, 0) is 16.5 Å². The summed E-state index contributed by atoms with van der Waals surface area (Å²) in [4.78, 5) is 10.8. The summed E-state index contributed by atoms with van der Waals surface area (Å²) in [6, 6.07) is 8.57. The van der Waals surface area contributed by atoms with Gasteiger partial charge in [0.05, 0.1) is 11.9 Å². The number of rotatable bonds is 5. The second-order valence-electron chi connectivity index (χ2n) is 6.19. The topological polar surface area (TPSA) is 72.9 Å². The number of amides is 1. The Balaban J connectivity index is 1.94. The molecule has 2 rings (SSSR count). The summed E-state index contributed by atoms with van der Waals surface area (Å²) in [7, 11) is 0. The van der Waals surface area contributed by atoms with E-state index in [0.29, 0.717) is 6.54 Å². The van der Waals surface area contributed by atoms with Gasteiger partial charge in [-0.2, -0.15) is 5.10 Å². The molecule has 112 valence electrons. The zero-order chi connectivity index (χ0) is 15.5. The number of nitrogens with zero attached hydrogens (tertiary/aromatic N) is 2. The average molecular weight is 286 g/mol. The number of hydrogen-bond donors (Lipinski definition) is 2. The van der Waals surface area contributed by atoms with Crippen LogP contribution in [0.15, 0.2) is 36.7 Å². The van der Waals surface area contributed by atoms with Crippen LogP contribution in [0.4, 0.5) is 5.69 Å². The first-order valence-corrected chi connectivity index (χ1v) is 6.98. The quantitative estimate of drug-likeness (QED) is 0.885. The molecule has 3 N–H and O–H groups in total. The van der Waals surface area contributed by atoms with Crippen molar-refractivity contribution in [3.63, 3.8) is 0 Å². The Bertz CT molecular complexity index is 608. The lowest BCUT2D eigenvalue weighted by Gasteiger charge is -2.19. The smallest absolute Gasteiger partial charge is 0.239 e. The second kappa shape index (κ2) is 5.99. The molecule has 0 fully saturated rings. The Kier molecular flexibility index (Phi) is 4.31. The number of primary amides is 1. The summed E-state index contributed by atoms with van der Waals surface area (Å²) < 4.78 is 1.52. The summed E-state index contributed by atoms with van der Waals surface area (Å²) >= 11 is 0. The lowest BCUT2D eigenvalue weighted by molar-refractivity contribution is -0.118. The van der Waals surface area contributed by atoms with Gasteiger partial charge < -0.3 is 11.1 Å². The highest BCUT2D eigenvalue weighted by atomic mass is 16.1. The van der Waals surface area contributed by atoms with Crippen LogP contribution in [0.3, 0.4) is 0 Å². The van der Waals surface area contributed by atoms with Crippen molar-refractivity contribution >= 4 is 11.6 Å². The highest BCUT2D eigenvalue weighted by molar-refractivity contribution is 5.73. The van der Waals surface area contributed by atoms with Crippen molar-refractivity contribution in [1.82, 2.24) is 9.78 Å². The van der Waals surface area contributed by atoms with Gasteiger partial charge in [-0.25, -0.2) is 0 Å². The van der Waals surface area contributed by atoms with Gasteiger partial charge in [-0.3, -0.25) is 9.48 Å². The van der Waals surface area contributed by atoms with Gasteiger partial charge >= 0.3 is 0 Å². The van der Waals surface area contributed by atoms with Crippen LogP contribution < -0.4 is 11.1 Å². The van der Waals surface area contributed by atoms with Gasteiger partial charge in [0.1, 0.15) is 6.54 Å². The van der Waals surface area contributed by atoms with E-state index in [0.717, 1.165) is 5.69 Å². The molecule has 0 aliphatic rings. The Morgan fingerprint density at radius 2 is 1.95 bits per heavy atom. The number of benzene rings is 1. The minimum atomic E-state index is -0.401. The first-order chi connectivity index (χ1) is 9.84. The van der Waals surface area contributed by atoms with Crippen LogP contribution in [0.2, 0.25) is 0 Å². The molecule has 0 spiro atoms. The molecule has 5 heteroatoms. The summed E-state index contributed by atoms with van der Waals surface area (Å²) in [5.74, 6) is -0.401. The van der Waals surface area contributed by atoms with Crippen molar-refractivity contribution in [2.75, 3.05) is 5.32 Å². The Labute approximate surface area is 125 Å². The van der Waals surface area contributed by atoms with Gasteiger partial charge in [0.2, 0.25) is 5.91 Å². The maximum absolute atomic E-state index is 10.8. The van der Waals surface area contributed by atoms with Gasteiger partial charge in [-0.15, -0.1) is 0 Å². The molecule has 0 atom stereocenters. The third-order valence-corrected chi connectivity index (χ3v) is 3.27. The largest absolute Gasteiger partial charge is 0.378 e. The van der Waals surface area contributed by atoms with Gasteiger partial charge in [0, 0.05) is 12.7 Å². The average Bonchev–Trinajstić information content (AvgIpc) is 2.82. The van der Waals surface area contributed by atoms with Crippen molar-refractivity contribution in [3.8, 4) is 0 Å². The first kappa shape index (κ1) is 15.1. The molecule has 5 nitrogen and oxygen atoms in total. The van der Waals surface area contributed by atoms with E-state index < -0.39 is 5.91 Å². The third kappa shape index (κ3) is 4.34. The van der Waals surface area contributed by atoms with Crippen LogP contribution in [0.1, 0.15) is 31.9 Å². The number of nitrogens with two attached hydrogens (primary N) is 1. The maximum atomic E-state index is 10.8. The minimum absolute atomic E-state index is 0.0992. The van der Waals surface area contributed by atoms with Crippen LogP contribution in [0.5, 0.6) is 0 Å². The third-order valence-electron chi connectivity index (χ3n) is 3.27. The van der Waals surface area contributed by atoms with E-state index in [1.165, 1.54) is 15.8 Å². The van der Waals surface area contributed by atoms with E-state index >= 15 is 0 Å². The number of anilines is 1. The van der Waals surface area contributed by atoms with Crippen LogP contribution in [0, 0.1) is 0 Å². The fraction of sp³-hybridized carbons (Fsp3) is 0.375. The molecule has 1 amide bonds. The van der Waals surface area contributed by atoms with Crippen molar-refractivity contribution in [1.29, 1.82) is 0 Å². The SMILES string of the molecule is CC(C)(C)c1ccc(CNc2cnn(CC(N)=O)c2)cc1. The minimum Gasteiger partial charge on any atom is -0.378 e. The van der Waals surface area contributed by atoms with Crippen LogP contribution in [-0.2, 0) is 23.3 Å². The fourth-order valence-electron chi connectivity index (χ4n) is 2.03. The maximum Gasteiger partial charge on any atom is 0.239 e. The molecule has 0 saturated carbocycles. The zero-order valence-corrected chi connectivity index (χ0v) is 12.8. The van der Waals surface area contributed by atoms with E-state index in [2.05, 4.69) is 55.5 Å². The van der Waals surface area contributed by atoms with Gasteiger partial charge in [0.25, 0.3) is 0 Å². The predicted molar refractivity (Wildman–Crippen MR) is 83.9 cm³/mol. The molecular weight excluding hydrogens is 264 g/mol. The van der Waals surface area contributed by atoms with Crippen LogP contribution in [-0.4, -0.2) is 15.7 Å². The normalized spacial score (nSPS) is 11.4. The number of nitrogens with one attached hydrogen (secondary N) is 1. The Hall–Kier alpha value is -2.30. The number of hydrogen-bond acceptors (Lipinski definition) is 3. The van der Waals surface area contributed by atoms with Crippen LogP contribution >= 0.6 is 0 Å². The van der Waals surface area contributed by atoms with Crippen LogP contribution in [0.25, 0.3) is 0 Å². The number of aromatic nitrogens is 2. The summed E-state index contributed by atoms with van der Waals surface area (Å²) in [6.45, 7) is 7.42. The molecule has 0 unspecified atom stereocenters. The van der Waals surface area contributed by atoms with Gasteiger partial charge in [0.15, 0.2) is 0 Å². The molecular formula is C16H22N4O. The first-order valence-electron chi connectivity index (χ1n) is 6.98. The van der Waals surface area contributed by atoms with Crippen molar-refractivity contribution in [2.24, 2.45) is 5.73 Å². The van der Waals surface area contributed by atoms with E-state index in [1.807, 2.05) is 0 Å². The molecule has 0 aliphatic carbocycles. The second-order valence-corrected chi connectivity index (χ2v) is 6.19. The molecule has 1 aromatic carbocycles. The Morgan fingerprint density at radius 3 is 2.52 bits per heavy atom. The molecule has 0 aliphatic heterocycles. The van der Waals surface area contributed by atoms with Crippen molar-refractivity contribution in [2.45, 2.75) is 39.3 Å².